The summed E-state index contributed by atoms with van der Waals surface area (Å²) >= 11 is 0. The average Bonchev–Trinajstić information content (AvgIpc) is 2.53. The molecule has 0 heterocycles. The third-order valence-electron chi connectivity index (χ3n) is 2.90. The second-order valence-corrected chi connectivity index (χ2v) is 4.30. The van der Waals surface area contributed by atoms with E-state index in [0.29, 0.717) is 23.6 Å². The second-order valence-electron chi connectivity index (χ2n) is 4.30. The Morgan fingerprint density at radius 3 is 2.30 bits per heavy atom. The van der Waals surface area contributed by atoms with Crippen LogP contribution in [0.1, 0.15) is 16.7 Å². The quantitative estimate of drug-likeness (QED) is 0.814. The van der Waals surface area contributed by atoms with Gasteiger partial charge in [-0.05, 0) is 35.4 Å². The summed E-state index contributed by atoms with van der Waals surface area (Å²) < 4.78 is 5.55. The predicted octanol–water partition coefficient (Wildman–Crippen LogP) is 2.46. The summed E-state index contributed by atoms with van der Waals surface area (Å²) in [5.41, 5.74) is 8.27. The van der Waals surface area contributed by atoms with Crippen LogP contribution in [0.4, 0.5) is 0 Å². The van der Waals surface area contributed by atoms with Crippen molar-refractivity contribution in [1.29, 1.82) is 10.7 Å². The molecule has 0 radical (unpaired) electrons. The molecule has 0 spiro atoms. The van der Waals surface area contributed by atoms with E-state index in [1.165, 1.54) is 0 Å². The number of nitriles is 1. The summed E-state index contributed by atoms with van der Waals surface area (Å²) in [5.74, 6) is 0.709. The lowest BCUT2D eigenvalue weighted by Crippen LogP contribution is -2.11. The molecule has 0 aliphatic rings. The average molecular weight is 265 g/mol. The van der Waals surface area contributed by atoms with E-state index in [0.717, 1.165) is 11.1 Å². The molecule has 0 saturated carbocycles. The molecule has 2 rings (SSSR count). The van der Waals surface area contributed by atoms with E-state index in [2.05, 4.69) is 0 Å². The zero-order chi connectivity index (χ0) is 14.4. The van der Waals surface area contributed by atoms with E-state index in [4.69, 9.17) is 21.1 Å². The van der Waals surface area contributed by atoms with Crippen LogP contribution in [0.15, 0.2) is 48.5 Å². The van der Waals surface area contributed by atoms with Crippen molar-refractivity contribution in [1.82, 2.24) is 0 Å². The van der Waals surface area contributed by atoms with Gasteiger partial charge in [0, 0.05) is 6.54 Å². The summed E-state index contributed by atoms with van der Waals surface area (Å²) in [6.45, 7) is 0.690. The maximum absolute atomic E-state index is 8.72. The van der Waals surface area contributed by atoms with Crippen LogP contribution in [0.3, 0.4) is 0 Å². The van der Waals surface area contributed by atoms with E-state index in [9.17, 15) is 0 Å². The first-order valence-corrected chi connectivity index (χ1v) is 6.22. The lowest BCUT2D eigenvalue weighted by molar-refractivity contribution is 0.376. The van der Waals surface area contributed by atoms with Crippen LogP contribution in [0.5, 0.6) is 5.75 Å². The molecule has 0 amide bonds. The minimum Gasteiger partial charge on any atom is -0.487 e. The van der Waals surface area contributed by atoms with Crippen molar-refractivity contribution in [2.24, 2.45) is 5.73 Å². The van der Waals surface area contributed by atoms with Crippen molar-refractivity contribution < 1.29 is 4.74 Å². The summed E-state index contributed by atoms with van der Waals surface area (Å²) in [6, 6.07) is 16.4. The van der Waals surface area contributed by atoms with Gasteiger partial charge in [-0.15, -0.1) is 0 Å². The van der Waals surface area contributed by atoms with E-state index < -0.39 is 0 Å². The van der Waals surface area contributed by atoms with Gasteiger partial charge in [-0.1, -0.05) is 24.3 Å². The highest BCUT2D eigenvalue weighted by Gasteiger charge is 2.03. The fraction of sp³-hybridized carbons (Fsp3) is 0.125. The molecular weight excluding hydrogens is 250 g/mol. The first kappa shape index (κ1) is 13.8. The Hall–Kier alpha value is -2.64. The first-order chi connectivity index (χ1) is 9.72. The molecular formula is C16H15N3O. The molecule has 0 aliphatic heterocycles. The summed E-state index contributed by atoms with van der Waals surface area (Å²) in [6.07, 6.45) is 0. The number of benzene rings is 2. The van der Waals surface area contributed by atoms with Crippen molar-refractivity contribution in [3.05, 3.63) is 65.2 Å². The maximum Gasteiger partial charge on any atom is 0.130 e. The zero-order valence-electron chi connectivity index (χ0n) is 11.0. The molecule has 2 aromatic rings. The fourth-order valence-corrected chi connectivity index (χ4v) is 1.71. The highest BCUT2D eigenvalue weighted by molar-refractivity contribution is 5.99. The predicted molar refractivity (Wildman–Crippen MR) is 77.8 cm³/mol. The van der Waals surface area contributed by atoms with Crippen LogP contribution >= 0.6 is 0 Å². The first-order valence-electron chi connectivity index (χ1n) is 6.22. The number of ether oxygens (including phenoxy) is 1. The molecule has 0 aliphatic carbocycles. The van der Waals surface area contributed by atoms with Crippen LogP contribution in [0.25, 0.3) is 0 Å². The van der Waals surface area contributed by atoms with Gasteiger partial charge >= 0.3 is 0 Å². The minimum atomic E-state index is 0.188. The topological polar surface area (TPSA) is 82.9 Å². The Bertz CT molecular complexity index is 624. The standard InChI is InChI=1S/C16H15N3O/c17-9-12-1-5-14(6-2-12)16(19)11-20-15-7-3-13(10-18)4-8-15/h1-8,19H,10-11,18H2. The SMILES string of the molecule is N#Cc1ccc(C(=N)COc2ccc(CN)cc2)cc1. The monoisotopic (exact) mass is 265 g/mol. The van der Waals surface area contributed by atoms with Gasteiger partial charge in [-0.3, -0.25) is 0 Å². The number of nitrogens with two attached hydrogens (primary N) is 1. The van der Waals surface area contributed by atoms with Gasteiger partial charge in [0.25, 0.3) is 0 Å². The summed E-state index contributed by atoms with van der Waals surface area (Å²) in [7, 11) is 0. The maximum atomic E-state index is 8.72. The molecule has 0 atom stereocenters. The molecule has 0 unspecified atom stereocenters. The van der Waals surface area contributed by atoms with Gasteiger partial charge in [-0.2, -0.15) is 5.26 Å². The Labute approximate surface area is 117 Å². The van der Waals surface area contributed by atoms with Crippen molar-refractivity contribution in [2.45, 2.75) is 6.54 Å². The van der Waals surface area contributed by atoms with Crippen LogP contribution in [-0.2, 0) is 6.54 Å². The van der Waals surface area contributed by atoms with E-state index in [1.54, 1.807) is 24.3 Å². The lowest BCUT2D eigenvalue weighted by atomic mass is 10.1. The molecule has 0 aromatic heterocycles. The van der Waals surface area contributed by atoms with Crippen LogP contribution in [0.2, 0.25) is 0 Å². The highest BCUT2D eigenvalue weighted by Crippen LogP contribution is 2.12. The Balaban J connectivity index is 1.95. The molecule has 3 N–H and O–H groups in total. The number of nitrogens with zero attached hydrogens (tertiary/aromatic N) is 1. The Morgan fingerprint density at radius 2 is 1.75 bits per heavy atom. The third kappa shape index (κ3) is 3.44. The molecule has 100 valence electrons. The van der Waals surface area contributed by atoms with Crippen molar-refractivity contribution in [3.63, 3.8) is 0 Å². The molecule has 20 heavy (non-hydrogen) atoms. The van der Waals surface area contributed by atoms with Crippen LogP contribution < -0.4 is 10.5 Å². The van der Waals surface area contributed by atoms with Gasteiger partial charge in [-0.25, -0.2) is 0 Å². The number of hydrogen-bond donors (Lipinski definition) is 2. The van der Waals surface area contributed by atoms with E-state index in [-0.39, 0.29) is 6.61 Å². The highest BCUT2D eigenvalue weighted by atomic mass is 16.5. The van der Waals surface area contributed by atoms with E-state index in [1.807, 2.05) is 30.3 Å². The Kier molecular flexibility index (Phi) is 4.48. The zero-order valence-corrected chi connectivity index (χ0v) is 11.0. The summed E-state index contributed by atoms with van der Waals surface area (Å²) in [5, 5.41) is 16.7. The van der Waals surface area contributed by atoms with Crippen LogP contribution in [0, 0.1) is 16.7 Å². The van der Waals surface area contributed by atoms with Gasteiger partial charge < -0.3 is 15.9 Å². The fourth-order valence-electron chi connectivity index (χ4n) is 1.71. The van der Waals surface area contributed by atoms with E-state index >= 15 is 0 Å². The second kappa shape index (κ2) is 6.50. The van der Waals surface area contributed by atoms with Gasteiger partial charge in [0.2, 0.25) is 0 Å². The number of nitrogens with one attached hydrogen (secondary N) is 1. The molecule has 0 fully saturated rings. The third-order valence-corrected chi connectivity index (χ3v) is 2.90. The lowest BCUT2D eigenvalue weighted by Gasteiger charge is -2.08. The van der Waals surface area contributed by atoms with Crippen molar-refractivity contribution in [2.75, 3.05) is 6.61 Å². The van der Waals surface area contributed by atoms with Gasteiger partial charge in [0.1, 0.15) is 12.4 Å². The van der Waals surface area contributed by atoms with Crippen molar-refractivity contribution in [3.8, 4) is 11.8 Å². The van der Waals surface area contributed by atoms with Gasteiger partial charge in [0.15, 0.2) is 0 Å². The number of hydrogen-bond acceptors (Lipinski definition) is 4. The summed E-state index contributed by atoms with van der Waals surface area (Å²) in [4.78, 5) is 0. The molecule has 0 saturated heterocycles. The smallest absolute Gasteiger partial charge is 0.130 e. The van der Waals surface area contributed by atoms with Gasteiger partial charge in [0.05, 0.1) is 17.3 Å². The number of rotatable bonds is 5. The molecule has 4 nitrogen and oxygen atoms in total. The largest absolute Gasteiger partial charge is 0.487 e. The Morgan fingerprint density at radius 1 is 1.10 bits per heavy atom. The van der Waals surface area contributed by atoms with Crippen molar-refractivity contribution >= 4 is 5.71 Å². The van der Waals surface area contributed by atoms with Crippen LogP contribution in [-0.4, -0.2) is 12.3 Å². The normalized spacial score (nSPS) is 9.80. The molecule has 2 aromatic carbocycles. The minimum absolute atomic E-state index is 0.188. The molecule has 4 heteroatoms. The molecule has 0 bridgehead atoms.